The summed E-state index contributed by atoms with van der Waals surface area (Å²) >= 11 is 0. The minimum Gasteiger partial charge on any atom is -0.350 e. The zero-order valence-corrected chi connectivity index (χ0v) is 15.2. The number of fused-ring (bicyclic) bond motifs is 1. The van der Waals surface area contributed by atoms with Crippen LogP contribution >= 0.6 is 0 Å². The Labute approximate surface area is 158 Å². The van der Waals surface area contributed by atoms with Crippen molar-refractivity contribution < 1.29 is 18.0 Å². The smallest absolute Gasteiger partial charge is 0.350 e. The van der Waals surface area contributed by atoms with Crippen LogP contribution in [-0.4, -0.2) is 15.5 Å². The quantitative estimate of drug-likeness (QED) is 0.742. The zero-order valence-electron chi connectivity index (χ0n) is 15.2. The number of hydrogen-bond acceptors (Lipinski definition) is 3. The molecule has 0 unspecified atom stereocenters. The van der Waals surface area contributed by atoms with Gasteiger partial charge in [0, 0.05) is 6.54 Å². The molecule has 0 fully saturated rings. The van der Waals surface area contributed by atoms with Crippen LogP contribution in [0.1, 0.15) is 29.8 Å². The number of nitrogens with one attached hydrogen (secondary N) is 1. The summed E-state index contributed by atoms with van der Waals surface area (Å²) in [5, 5.41) is 2.67. The van der Waals surface area contributed by atoms with Crippen LogP contribution in [0.15, 0.2) is 53.3 Å². The van der Waals surface area contributed by atoms with Crippen molar-refractivity contribution in [2.75, 3.05) is 0 Å². The molecule has 8 heteroatoms. The molecule has 28 heavy (non-hydrogen) atoms. The van der Waals surface area contributed by atoms with Crippen molar-refractivity contribution in [3.8, 4) is 0 Å². The molecule has 0 bridgehead atoms. The van der Waals surface area contributed by atoms with E-state index in [9.17, 15) is 22.8 Å². The van der Waals surface area contributed by atoms with E-state index in [-0.39, 0.29) is 17.6 Å². The number of benzene rings is 2. The third-order valence-corrected chi connectivity index (χ3v) is 4.42. The number of aromatic nitrogens is 2. The molecule has 0 saturated carbocycles. The first kappa shape index (κ1) is 19.6. The van der Waals surface area contributed by atoms with Gasteiger partial charge in [-0.05, 0) is 31.5 Å². The number of carbonyl (C=O) groups is 1. The average molecular weight is 389 g/mol. The maximum absolute atomic E-state index is 13.2. The lowest BCUT2D eigenvalue weighted by molar-refractivity contribution is -0.142. The fourth-order valence-electron chi connectivity index (χ4n) is 2.88. The van der Waals surface area contributed by atoms with E-state index in [1.165, 1.54) is 25.1 Å². The predicted molar refractivity (Wildman–Crippen MR) is 98.7 cm³/mol. The van der Waals surface area contributed by atoms with Gasteiger partial charge in [-0.25, -0.2) is 4.98 Å². The second-order valence-corrected chi connectivity index (χ2v) is 6.50. The fourth-order valence-corrected chi connectivity index (χ4v) is 2.88. The van der Waals surface area contributed by atoms with E-state index in [1.807, 2.05) is 31.2 Å². The van der Waals surface area contributed by atoms with Crippen molar-refractivity contribution in [3.63, 3.8) is 0 Å². The molecule has 2 aromatic carbocycles. The van der Waals surface area contributed by atoms with Crippen LogP contribution in [0.3, 0.4) is 0 Å². The van der Waals surface area contributed by atoms with Gasteiger partial charge < -0.3 is 5.32 Å². The van der Waals surface area contributed by atoms with Gasteiger partial charge in [0.15, 0.2) is 0 Å². The minimum atomic E-state index is -4.92. The molecule has 0 aliphatic heterocycles. The summed E-state index contributed by atoms with van der Waals surface area (Å²) in [5.74, 6) is -0.563. The number of aryl methyl sites for hydroxylation is 1. The van der Waals surface area contributed by atoms with Gasteiger partial charge in [-0.3, -0.25) is 14.2 Å². The highest BCUT2D eigenvalue weighted by atomic mass is 19.4. The Hall–Kier alpha value is -3.16. The van der Waals surface area contributed by atoms with Crippen LogP contribution in [0.5, 0.6) is 0 Å². The van der Waals surface area contributed by atoms with Crippen LogP contribution in [0.25, 0.3) is 11.0 Å². The van der Waals surface area contributed by atoms with Gasteiger partial charge in [-0.15, -0.1) is 0 Å². The number of hydrogen-bond donors (Lipinski definition) is 1. The Morgan fingerprint density at radius 3 is 2.43 bits per heavy atom. The molecule has 1 aromatic heterocycles. The number of halogens is 3. The number of alkyl halides is 3. The summed E-state index contributed by atoms with van der Waals surface area (Å²) in [6, 6.07) is 12.3. The Balaban J connectivity index is 1.97. The molecular weight excluding hydrogens is 371 g/mol. The van der Waals surface area contributed by atoms with Crippen LogP contribution in [-0.2, 0) is 17.5 Å². The van der Waals surface area contributed by atoms with E-state index < -0.39 is 29.4 Å². The van der Waals surface area contributed by atoms with Gasteiger partial charge in [-0.2, -0.15) is 13.2 Å². The van der Waals surface area contributed by atoms with Crippen LogP contribution in [0.4, 0.5) is 13.2 Å². The van der Waals surface area contributed by atoms with Gasteiger partial charge >= 0.3 is 6.18 Å². The fraction of sp³-hybridized carbons (Fsp3) is 0.250. The van der Waals surface area contributed by atoms with E-state index >= 15 is 0 Å². The number of para-hydroxylation sites is 2. The molecule has 0 spiro atoms. The van der Waals surface area contributed by atoms with Gasteiger partial charge in [0.05, 0.1) is 11.0 Å². The second-order valence-electron chi connectivity index (χ2n) is 6.50. The second kappa shape index (κ2) is 7.46. The van der Waals surface area contributed by atoms with Gasteiger partial charge in [0.1, 0.15) is 6.04 Å². The van der Waals surface area contributed by atoms with Crippen molar-refractivity contribution in [2.24, 2.45) is 0 Å². The predicted octanol–water partition coefficient (Wildman–Crippen LogP) is 3.60. The largest absolute Gasteiger partial charge is 0.438 e. The van der Waals surface area contributed by atoms with Crippen molar-refractivity contribution in [2.45, 2.75) is 32.6 Å². The molecule has 1 amide bonds. The maximum atomic E-state index is 13.2. The normalized spacial score (nSPS) is 12.8. The number of nitrogens with zero attached hydrogens (tertiary/aromatic N) is 2. The maximum Gasteiger partial charge on any atom is 0.438 e. The van der Waals surface area contributed by atoms with Gasteiger partial charge in [-0.1, -0.05) is 42.0 Å². The van der Waals surface area contributed by atoms with Crippen LogP contribution < -0.4 is 10.9 Å². The molecular formula is C20H18F3N3O2. The molecule has 1 N–H and O–H groups in total. The van der Waals surface area contributed by atoms with E-state index in [0.29, 0.717) is 0 Å². The molecule has 0 aliphatic rings. The summed E-state index contributed by atoms with van der Waals surface area (Å²) in [4.78, 5) is 28.5. The number of rotatable bonds is 4. The number of amides is 1. The first-order chi connectivity index (χ1) is 13.2. The first-order valence-corrected chi connectivity index (χ1v) is 8.60. The lowest BCUT2D eigenvalue weighted by Gasteiger charge is -2.19. The third kappa shape index (κ3) is 3.90. The van der Waals surface area contributed by atoms with Gasteiger partial charge in [0.2, 0.25) is 11.6 Å². The minimum absolute atomic E-state index is 0.00684. The Morgan fingerprint density at radius 1 is 1.14 bits per heavy atom. The zero-order chi connectivity index (χ0) is 20.5. The monoisotopic (exact) mass is 389 g/mol. The number of carbonyl (C=O) groups excluding carboxylic acids is 1. The van der Waals surface area contributed by atoms with Crippen molar-refractivity contribution in [1.29, 1.82) is 0 Å². The highest BCUT2D eigenvalue weighted by Crippen LogP contribution is 2.27. The molecule has 3 aromatic rings. The van der Waals surface area contributed by atoms with Crippen LogP contribution in [0.2, 0.25) is 0 Å². The summed E-state index contributed by atoms with van der Waals surface area (Å²) in [7, 11) is 0. The van der Waals surface area contributed by atoms with Crippen molar-refractivity contribution in [1.82, 2.24) is 14.9 Å². The van der Waals surface area contributed by atoms with E-state index in [0.717, 1.165) is 15.7 Å². The van der Waals surface area contributed by atoms with E-state index in [1.54, 1.807) is 6.07 Å². The van der Waals surface area contributed by atoms with Crippen molar-refractivity contribution >= 4 is 16.9 Å². The Bertz CT molecular complexity index is 1070. The van der Waals surface area contributed by atoms with Gasteiger partial charge in [0.25, 0.3) is 5.56 Å². The SMILES string of the molecule is Cc1ccc(CNC(=O)[C@@H](C)n2c(=O)c(C(F)(F)F)nc3ccccc32)cc1. The van der Waals surface area contributed by atoms with Crippen molar-refractivity contribution in [3.05, 3.63) is 75.7 Å². The van der Waals surface area contributed by atoms with E-state index in [4.69, 9.17) is 0 Å². The Kier molecular flexibility index (Phi) is 5.22. The molecule has 0 radical (unpaired) electrons. The standard InChI is InChI=1S/C20H18F3N3O2/c1-12-7-9-14(10-8-12)11-24-18(27)13(2)26-16-6-4-3-5-15(16)25-17(19(26)28)20(21,22)23/h3-10,13H,11H2,1-2H3,(H,24,27)/t13-/m1/s1. The first-order valence-electron chi connectivity index (χ1n) is 8.60. The molecule has 3 rings (SSSR count). The molecule has 146 valence electrons. The highest BCUT2D eigenvalue weighted by Gasteiger charge is 2.38. The highest BCUT2D eigenvalue weighted by molar-refractivity contribution is 5.83. The third-order valence-electron chi connectivity index (χ3n) is 4.42. The van der Waals surface area contributed by atoms with Crippen LogP contribution in [0, 0.1) is 6.92 Å². The average Bonchev–Trinajstić information content (AvgIpc) is 2.65. The summed E-state index contributed by atoms with van der Waals surface area (Å²) < 4.78 is 40.6. The summed E-state index contributed by atoms with van der Waals surface area (Å²) in [6.07, 6.45) is -4.92. The molecule has 0 saturated heterocycles. The molecule has 1 heterocycles. The molecule has 1 atom stereocenters. The lowest BCUT2D eigenvalue weighted by atomic mass is 10.1. The topological polar surface area (TPSA) is 64.0 Å². The molecule has 0 aliphatic carbocycles. The van der Waals surface area contributed by atoms with E-state index in [2.05, 4.69) is 10.3 Å². The lowest BCUT2D eigenvalue weighted by Crippen LogP contribution is -2.38. The molecule has 5 nitrogen and oxygen atoms in total. The Morgan fingerprint density at radius 2 is 1.79 bits per heavy atom. The summed E-state index contributed by atoms with van der Waals surface area (Å²) in [5.41, 5.74) is -0.813. The summed E-state index contributed by atoms with van der Waals surface area (Å²) in [6.45, 7) is 3.52.